The molecule has 0 atom stereocenters. The molecule has 2 aromatic carbocycles. The third kappa shape index (κ3) is 3.63. The summed E-state index contributed by atoms with van der Waals surface area (Å²) in [7, 11) is 1.49. The molecular formula is C18H18ClN5O2. The summed E-state index contributed by atoms with van der Waals surface area (Å²) in [6.07, 6.45) is 0. The molecule has 3 rings (SSSR count). The SMILES string of the molecule is CN=C(N)NC(=O)c1cc2c(Cl)ccc(Oc3ccc(CN)cc3)c2[nH]1. The van der Waals surface area contributed by atoms with Gasteiger partial charge in [-0.05, 0) is 35.9 Å². The molecule has 0 radical (unpaired) electrons. The Morgan fingerprint density at radius 1 is 1.27 bits per heavy atom. The molecule has 0 aliphatic carbocycles. The van der Waals surface area contributed by atoms with Crippen molar-refractivity contribution in [3.8, 4) is 11.5 Å². The van der Waals surface area contributed by atoms with E-state index in [4.69, 9.17) is 27.8 Å². The molecule has 134 valence electrons. The van der Waals surface area contributed by atoms with Crippen LogP contribution in [0.4, 0.5) is 0 Å². The zero-order valence-electron chi connectivity index (χ0n) is 14.0. The minimum absolute atomic E-state index is 0.0243. The average Bonchev–Trinajstić information content (AvgIpc) is 3.11. The molecule has 8 heteroatoms. The van der Waals surface area contributed by atoms with Crippen LogP contribution in [0.5, 0.6) is 11.5 Å². The Morgan fingerprint density at radius 3 is 2.65 bits per heavy atom. The van der Waals surface area contributed by atoms with Crippen molar-refractivity contribution in [3.05, 3.63) is 58.7 Å². The van der Waals surface area contributed by atoms with Crippen LogP contribution in [0, 0.1) is 0 Å². The van der Waals surface area contributed by atoms with Crippen molar-refractivity contribution in [3.63, 3.8) is 0 Å². The molecule has 0 fully saturated rings. The van der Waals surface area contributed by atoms with E-state index in [-0.39, 0.29) is 5.96 Å². The minimum atomic E-state index is -0.418. The lowest BCUT2D eigenvalue weighted by Crippen LogP contribution is -2.36. The molecular weight excluding hydrogens is 354 g/mol. The highest BCUT2D eigenvalue weighted by Gasteiger charge is 2.15. The van der Waals surface area contributed by atoms with Crippen molar-refractivity contribution < 1.29 is 9.53 Å². The lowest BCUT2D eigenvalue weighted by molar-refractivity contribution is 0.0972. The Bertz CT molecular complexity index is 979. The van der Waals surface area contributed by atoms with Crippen LogP contribution in [0.1, 0.15) is 16.1 Å². The van der Waals surface area contributed by atoms with Gasteiger partial charge >= 0.3 is 0 Å². The van der Waals surface area contributed by atoms with E-state index in [9.17, 15) is 4.79 Å². The second kappa shape index (κ2) is 7.47. The maximum atomic E-state index is 12.2. The van der Waals surface area contributed by atoms with Crippen molar-refractivity contribution in [2.24, 2.45) is 16.5 Å². The van der Waals surface area contributed by atoms with E-state index in [1.165, 1.54) is 7.05 Å². The van der Waals surface area contributed by atoms with Gasteiger partial charge in [-0.3, -0.25) is 15.1 Å². The number of amides is 1. The number of fused-ring (bicyclic) bond motifs is 1. The van der Waals surface area contributed by atoms with Crippen LogP contribution in [-0.2, 0) is 6.54 Å². The van der Waals surface area contributed by atoms with E-state index in [2.05, 4.69) is 15.3 Å². The molecule has 0 aliphatic rings. The fraction of sp³-hybridized carbons (Fsp3) is 0.111. The number of halogens is 1. The molecule has 1 amide bonds. The third-order valence-corrected chi connectivity index (χ3v) is 4.15. The Hall–Kier alpha value is -3.03. The molecule has 7 nitrogen and oxygen atoms in total. The highest BCUT2D eigenvalue weighted by molar-refractivity contribution is 6.36. The molecule has 0 saturated heterocycles. The van der Waals surface area contributed by atoms with E-state index in [0.717, 1.165) is 5.56 Å². The fourth-order valence-corrected chi connectivity index (χ4v) is 2.64. The molecule has 0 saturated carbocycles. The van der Waals surface area contributed by atoms with Crippen LogP contribution < -0.4 is 21.5 Å². The maximum absolute atomic E-state index is 12.2. The van der Waals surface area contributed by atoms with E-state index >= 15 is 0 Å². The lowest BCUT2D eigenvalue weighted by Gasteiger charge is -2.08. The number of H-pyrrole nitrogens is 1. The van der Waals surface area contributed by atoms with Gasteiger partial charge in [0.25, 0.3) is 5.91 Å². The Balaban J connectivity index is 1.95. The van der Waals surface area contributed by atoms with Gasteiger partial charge in [0.05, 0.1) is 10.5 Å². The lowest BCUT2D eigenvalue weighted by atomic mass is 10.2. The van der Waals surface area contributed by atoms with Crippen LogP contribution in [0.2, 0.25) is 5.02 Å². The molecule has 0 aliphatic heterocycles. The molecule has 0 bridgehead atoms. The van der Waals surface area contributed by atoms with Gasteiger partial charge < -0.3 is 21.2 Å². The predicted octanol–water partition coefficient (Wildman–Crippen LogP) is 2.75. The number of guanidine groups is 1. The fourth-order valence-electron chi connectivity index (χ4n) is 2.43. The van der Waals surface area contributed by atoms with Gasteiger partial charge in [0.2, 0.25) is 0 Å². The molecule has 3 aromatic rings. The number of aliphatic imine (C=N–C) groups is 1. The first-order valence-electron chi connectivity index (χ1n) is 7.83. The first-order chi connectivity index (χ1) is 12.5. The summed E-state index contributed by atoms with van der Waals surface area (Å²) in [5.74, 6) is 0.796. The van der Waals surface area contributed by atoms with Crippen molar-refractivity contribution in [2.75, 3.05) is 7.05 Å². The van der Waals surface area contributed by atoms with Gasteiger partial charge in [-0.15, -0.1) is 0 Å². The first kappa shape index (κ1) is 17.8. The second-order valence-corrected chi connectivity index (χ2v) is 5.94. The summed E-state index contributed by atoms with van der Waals surface area (Å²) < 4.78 is 5.93. The number of nitrogens with one attached hydrogen (secondary N) is 2. The largest absolute Gasteiger partial charge is 0.455 e. The molecule has 0 unspecified atom stereocenters. The number of rotatable bonds is 4. The zero-order chi connectivity index (χ0) is 18.7. The Kier molecular flexibility index (Phi) is 5.11. The Labute approximate surface area is 155 Å². The summed E-state index contributed by atoms with van der Waals surface area (Å²) in [6.45, 7) is 0.463. The van der Waals surface area contributed by atoms with Gasteiger partial charge in [0, 0.05) is 19.0 Å². The van der Waals surface area contributed by atoms with Crippen molar-refractivity contribution >= 4 is 34.4 Å². The summed E-state index contributed by atoms with van der Waals surface area (Å²) in [4.78, 5) is 19.0. The molecule has 1 heterocycles. The number of hydrogen-bond donors (Lipinski definition) is 4. The normalized spacial score (nSPS) is 11.6. The number of aromatic nitrogens is 1. The number of nitrogens with zero attached hydrogens (tertiary/aromatic N) is 1. The summed E-state index contributed by atoms with van der Waals surface area (Å²) in [5.41, 5.74) is 13.0. The van der Waals surface area contributed by atoms with E-state index in [0.29, 0.717) is 39.7 Å². The van der Waals surface area contributed by atoms with Gasteiger partial charge in [0.15, 0.2) is 11.7 Å². The topological polar surface area (TPSA) is 119 Å². The second-order valence-electron chi connectivity index (χ2n) is 5.53. The first-order valence-corrected chi connectivity index (χ1v) is 8.21. The molecule has 6 N–H and O–H groups in total. The number of carbonyl (C=O) groups is 1. The molecule has 0 spiro atoms. The number of hydrogen-bond acceptors (Lipinski definition) is 4. The van der Waals surface area contributed by atoms with Gasteiger partial charge in [-0.25, -0.2) is 0 Å². The van der Waals surface area contributed by atoms with Gasteiger partial charge in [-0.2, -0.15) is 0 Å². The summed E-state index contributed by atoms with van der Waals surface area (Å²) in [5, 5.41) is 3.63. The number of aromatic amines is 1. The van der Waals surface area contributed by atoms with Gasteiger partial charge in [-0.1, -0.05) is 23.7 Å². The van der Waals surface area contributed by atoms with Crippen LogP contribution in [0.3, 0.4) is 0 Å². The zero-order valence-corrected chi connectivity index (χ0v) is 14.8. The number of nitrogens with two attached hydrogens (primary N) is 2. The van der Waals surface area contributed by atoms with E-state index in [1.807, 2.05) is 24.3 Å². The van der Waals surface area contributed by atoms with Crippen molar-refractivity contribution in [2.45, 2.75) is 6.54 Å². The minimum Gasteiger partial charge on any atom is -0.455 e. The van der Waals surface area contributed by atoms with E-state index < -0.39 is 5.91 Å². The quantitative estimate of drug-likeness (QED) is 0.416. The smallest absolute Gasteiger partial charge is 0.274 e. The van der Waals surface area contributed by atoms with Crippen LogP contribution in [-0.4, -0.2) is 23.9 Å². The number of carbonyl (C=O) groups excluding carboxylic acids is 1. The van der Waals surface area contributed by atoms with Crippen LogP contribution in [0.15, 0.2) is 47.5 Å². The Morgan fingerprint density at radius 2 is 2.00 bits per heavy atom. The van der Waals surface area contributed by atoms with Crippen LogP contribution in [0.25, 0.3) is 10.9 Å². The van der Waals surface area contributed by atoms with Gasteiger partial charge in [0.1, 0.15) is 11.4 Å². The summed E-state index contributed by atoms with van der Waals surface area (Å²) >= 11 is 6.25. The average molecular weight is 372 g/mol. The maximum Gasteiger partial charge on any atom is 0.274 e. The molecule has 1 aromatic heterocycles. The third-order valence-electron chi connectivity index (χ3n) is 3.82. The summed E-state index contributed by atoms with van der Waals surface area (Å²) in [6, 6.07) is 12.5. The molecule has 26 heavy (non-hydrogen) atoms. The van der Waals surface area contributed by atoms with Crippen molar-refractivity contribution in [1.82, 2.24) is 10.3 Å². The monoisotopic (exact) mass is 371 g/mol. The van der Waals surface area contributed by atoms with Crippen LogP contribution >= 0.6 is 11.6 Å². The standard InChI is InChI=1S/C18H18ClN5O2/c1-22-18(21)24-17(25)14-8-12-13(19)6-7-15(16(12)23-14)26-11-4-2-10(9-20)3-5-11/h2-8,23H,9,20H2,1H3,(H3,21,22,24,25). The highest BCUT2D eigenvalue weighted by Crippen LogP contribution is 2.34. The predicted molar refractivity (Wildman–Crippen MR) is 103 cm³/mol. The van der Waals surface area contributed by atoms with E-state index in [1.54, 1.807) is 18.2 Å². The van der Waals surface area contributed by atoms with Crippen molar-refractivity contribution in [1.29, 1.82) is 0 Å². The number of benzene rings is 2. The highest BCUT2D eigenvalue weighted by atomic mass is 35.5. The number of ether oxygens (including phenoxy) is 1.